The van der Waals surface area contributed by atoms with Gasteiger partial charge in [0, 0.05) is 19.4 Å². The van der Waals surface area contributed by atoms with E-state index in [1.165, 1.54) is 0 Å². The molecule has 1 aliphatic rings. The van der Waals surface area contributed by atoms with Gasteiger partial charge >= 0.3 is 0 Å². The van der Waals surface area contributed by atoms with Crippen molar-refractivity contribution in [3.8, 4) is 0 Å². The van der Waals surface area contributed by atoms with Gasteiger partial charge in [-0.1, -0.05) is 17.7 Å². The standard InChI is InChI=1S/C9H14B3NO3P2/c1-6-2-4-7(5-3-6)8(14)13-9-17(10,15)12-18(9,11)16/h2-5,9,12H,10-11H2,1H3,(H,13,14). The van der Waals surface area contributed by atoms with Crippen LogP contribution in [0.1, 0.15) is 15.9 Å². The normalized spacial score (nSPS) is 34.2. The zero-order valence-corrected chi connectivity index (χ0v) is 12.5. The summed E-state index contributed by atoms with van der Waals surface area (Å²) in [7, 11) is 3.21. The summed E-state index contributed by atoms with van der Waals surface area (Å²) in [6.07, 6.45) is 0. The maximum atomic E-state index is 12.1. The van der Waals surface area contributed by atoms with E-state index in [9.17, 15) is 13.9 Å². The second kappa shape index (κ2) is 4.47. The van der Waals surface area contributed by atoms with Crippen molar-refractivity contribution in [2.45, 2.75) is 12.4 Å². The van der Waals surface area contributed by atoms with Crippen LogP contribution in [0.2, 0.25) is 0 Å². The average molecular weight is 279 g/mol. The molecule has 1 aromatic carbocycles. The molecule has 9 heteroatoms. The first-order chi connectivity index (χ1) is 8.22. The largest absolute Gasteiger partial charge is 0.341 e. The van der Waals surface area contributed by atoms with Gasteiger partial charge in [0.15, 0.2) is 15.1 Å². The number of carbonyl (C=O) groups excluding carboxylic acids is 1. The molecular formula is C9H14B3NO3P2. The summed E-state index contributed by atoms with van der Waals surface area (Å²) in [5.41, 5.74) is 0.934. The molecule has 1 N–H and O–H groups in total. The maximum absolute atomic E-state index is 12.1. The van der Waals surface area contributed by atoms with Crippen molar-refractivity contribution < 1.29 is 13.9 Å². The summed E-state index contributed by atoms with van der Waals surface area (Å²) in [6.45, 7) is -2.75. The van der Waals surface area contributed by atoms with E-state index >= 15 is 0 Å². The van der Waals surface area contributed by atoms with Crippen LogP contribution in [0.3, 0.4) is 0 Å². The van der Waals surface area contributed by atoms with Crippen molar-refractivity contribution >= 4 is 41.6 Å². The van der Waals surface area contributed by atoms with Crippen LogP contribution in [0.4, 0.5) is 0 Å². The Kier molecular flexibility index (Phi) is 3.42. The van der Waals surface area contributed by atoms with Crippen LogP contribution in [-0.2, 0) is 9.13 Å². The Labute approximate surface area is 109 Å². The molecule has 4 nitrogen and oxygen atoms in total. The first kappa shape index (κ1) is 13.8. The topological polar surface area (TPSA) is 63.2 Å². The zero-order valence-electron chi connectivity index (χ0n) is 10.7. The van der Waals surface area contributed by atoms with Crippen LogP contribution in [-0.4, -0.2) is 33.3 Å². The smallest absolute Gasteiger partial charge is 0.259 e. The van der Waals surface area contributed by atoms with E-state index in [4.69, 9.17) is 0 Å². The van der Waals surface area contributed by atoms with Gasteiger partial charge in [0.1, 0.15) is 5.52 Å². The molecule has 0 aliphatic carbocycles. The summed E-state index contributed by atoms with van der Waals surface area (Å²) in [5.74, 6) is -0.302. The SMILES string of the molecule is BP1(=O)BP(B)(=O)C1NC(=O)c1ccc(C)cc1. The lowest BCUT2D eigenvalue weighted by molar-refractivity contribution is 0.0956. The number of hydrogen-bond acceptors (Lipinski definition) is 3. The minimum atomic E-state index is -2.48. The molecule has 1 aliphatic heterocycles. The Bertz CT molecular complexity index is 567. The van der Waals surface area contributed by atoms with E-state index in [0.717, 1.165) is 5.56 Å². The van der Waals surface area contributed by atoms with E-state index in [0.29, 0.717) is 5.56 Å². The van der Waals surface area contributed by atoms with Gasteiger partial charge in [-0.25, -0.2) is 0 Å². The van der Waals surface area contributed by atoms with Crippen molar-refractivity contribution in [3.63, 3.8) is 0 Å². The number of carbonyl (C=O) groups is 1. The van der Waals surface area contributed by atoms with E-state index in [1.54, 1.807) is 27.3 Å². The van der Waals surface area contributed by atoms with Crippen LogP contribution in [0, 0.1) is 6.92 Å². The summed E-state index contributed by atoms with van der Waals surface area (Å²) in [5, 5.41) is 2.67. The quantitative estimate of drug-likeness (QED) is 0.617. The second-order valence-electron chi connectivity index (χ2n) is 5.20. The van der Waals surface area contributed by atoms with Crippen LogP contribution in [0.15, 0.2) is 24.3 Å². The Hall–Kier alpha value is -0.655. The summed E-state index contributed by atoms with van der Waals surface area (Å²) in [6, 6.07) is 7.11. The van der Waals surface area contributed by atoms with E-state index in [1.807, 2.05) is 19.1 Å². The highest BCUT2D eigenvalue weighted by Gasteiger charge is 2.54. The second-order valence-corrected chi connectivity index (χ2v) is 12.5. The predicted molar refractivity (Wildman–Crippen MR) is 81.9 cm³/mol. The van der Waals surface area contributed by atoms with Crippen molar-refractivity contribution in [2.75, 3.05) is 0 Å². The molecule has 1 aromatic rings. The van der Waals surface area contributed by atoms with Crippen LogP contribution < -0.4 is 5.32 Å². The molecule has 1 fully saturated rings. The van der Waals surface area contributed by atoms with E-state index < -0.39 is 19.3 Å². The zero-order chi connectivity index (χ0) is 13.6. The fourth-order valence-electron chi connectivity index (χ4n) is 2.31. The molecule has 1 saturated heterocycles. The first-order valence-corrected chi connectivity index (χ1v) is 10.5. The lowest BCUT2D eigenvalue weighted by Crippen LogP contribution is -2.43. The molecule has 1 amide bonds. The molecule has 1 heterocycles. The van der Waals surface area contributed by atoms with Crippen LogP contribution in [0.25, 0.3) is 0 Å². The highest BCUT2D eigenvalue weighted by molar-refractivity contribution is 8.46. The molecule has 0 saturated carbocycles. The Morgan fingerprint density at radius 2 is 1.72 bits per heavy atom. The number of hydrogen-bond donors (Lipinski definition) is 1. The van der Waals surface area contributed by atoms with Gasteiger partial charge in [-0.05, 0) is 19.1 Å². The van der Waals surface area contributed by atoms with Crippen LogP contribution >= 0.6 is 13.8 Å². The summed E-state index contributed by atoms with van der Waals surface area (Å²) in [4.78, 5) is 12.0. The molecule has 2 rings (SSSR count). The van der Waals surface area contributed by atoms with Crippen LogP contribution in [0.5, 0.6) is 0 Å². The van der Waals surface area contributed by atoms with Gasteiger partial charge < -0.3 is 14.4 Å². The third-order valence-electron chi connectivity index (χ3n) is 3.17. The molecule has 0 spiro atoms. The van der Waals surface area contributed by atoms with Gasteiger partial charge in [-0.2, -0.15) is 0 Å². The van der Waals surface area contributed by atoms with Crippen molar-refractivity contribution in [2.24, 2.45) is 0 Å². The van der Waals surface area contributed by atoms with Crippen molar-refractivity contribution in [1.29, 1.82) is 0 Å². The number of aryl methyl sites for hydroxylation is 1. The van der Waals surface area contributed by atoms with Gasteiger partial charge in [0.05, 0.1) is 0 Å². The molecule has 2 atom stereocenters. The molecule has 92 valence electrons. The van der Waals surface area contributed by atoms with Gasteiger partial charge in [-0.15, -0.1) is 0 Å². The Balaban J connectivity index is 2.15. The molecule has 2 unspecified atom stereocenters. The molecule has 0 radical (unpaired) electrons. The molecule has 18 heavy (non-hydrogen) atoms. The average Bonchev–Trinajstić information content (AvgIpc) is 2.25. The molecule has 0 aromatic heterocycles. The monoisotopic (exact) mass is 279 g/mol. The number of nitrogens with one attached hydrogen (secondary N) is 1. The van der Waals surface area contributed by atoms with E-state index in [-0.39, 0.29) is 12.6 Å². The third-order valence-corrected chi connectivity index (χ3v) is 12.9. The number of benzene rings is 1. The lowest BCUT2D eigenvalue weighted by Gasteiger charge is -2.41. The number of rotatable bonds is 2. The molecular weight excluding hydrogens is 264 g/mol. The maximum Gasteiger partial charge on any atom is 0.259 e. The fraction of sp³-hybridized carbons (Fsp3) is 0.222. The van der Waals surface area contributed by atoms with Crippen molar-refractivity contribution in [1.82, 2.24) is 5.32 Å². The Morgan fingerprint density at radius 3 is 2.17 bits per heavy atom. The van der Waals surface area contributed by atoms with E-state index in [2.05, 4.69) is 5.32 Å². The summed E-state index contributed by atoms with van der Waals surface area (Å²) >= 11 is 0. The van der Waals surface area contributed by atoms with Gasteiger partial charge in [0.25, 0.3) is 12.6 Å². The Morgan fingerprint density at radius 1 is 1.22 bits per heavy atom. The lowest BCUT2D eigenvalue weighted by atomic mass is 10.1. The highest BCUT2D eigenvalue weighted by atomic mass is 31.3. The highest BCUT2D eigenvalue weighted by Crippen LogP contribution is 2.76. The summed E-state index contributed by atoms with van der Waals surface area (Å²) < 4.78 is 24.1. The van der Waals surface area contributed by atoms with Crippen molar-refractivity contribution in [3.05, 3.63) is 35.4 Å². The van der Waals surface area contributed by atoms with Gasteiger partial charge in [0.2, 0.25) is 0 Å². The first-order valence-electron chi connectivity index (χ1n) is 5.72. The third kappa shape index (κ3) is 2.53. The molecule has 0 bridgehead atoms. The predicted octanol–water partition coefficient (Wildman–Crippen LogP) is 0.111. The number of amides is 1. The minimum absolute atomic E-state index is 0.263. The minimum Gasteiger partial charge on any atom is -0.341 e. The fourth-order valence-corrected chi connectivity index (χ4v) is 12.2. The van der Waals surface area contributed by atoms with Gasteiger partial charge in [-0.3, -0.25) is 4.79 Å².